The quantitative estimate of drug-likeness (QED) is 0.417. The van der Waals surface area contributed by atoms with Crippen LogP contribution in [0.4, 0.5) is 0 Å². The molecule has 0 aromatic heterocycles. The lowest BCUT2D eigenvalue weighted by molar-refractivity contribution is 0.164. The fourth-order valence-corrected chi connectivity index (χ4v) is 6.32. The number of halogens is 1. The Morgan fingerprint density at radius 2 is 1.94 bits per heavy atom. The Kier molecular flexibility index (Phi) is 7.97. The van der Waals surface area contributed by atoms with E-state index in [0.717, 1.165) is 36.6 Å². The van der Waals surface area contributed by atoms with Crippen molar-refractivity contribution in [2.45, 2.75) is 50.0 Å². The number of hydrogen-bond donors (Lipinski definition) is 3. The van der Waals surface area contributed by atoms with Gasteiger partial charge < -0.3 is 15.8 Å². The van der Waals surface area contributed by atoms with Gasteiger partial charge in [-0.2, -0.15) is 0 Å². The zero-order valence-corrected chi connectivity index (χ0v) is 20.6. The fraction of sp³-hybridized carbons (Fsp3) is 0.520. The molecule has 33 heavy (non-hydrogen) atoms. The van der Waals surface area contributed by atoms with E-state index < -0.39 is 10.0 Å². The van der Waals surface area contributed by atoms with Crippen LogP contribution >= 0.6 is 11.6 Å². The Hall–Kier alpha value is -1.64. The van der Waals surface area contributed by atoms with Crippen molar-refractivity contribution in [1.29, 1.82) is 0 Å². The summed E-state index contributed by atoms with van der Waals surface area (Å²) in [7, 11) is -3.29. The predicted octanol–water partition coefficient (Wildman–Crippen LogP) is 3.69. The summed E-state index contributed by atoms with van der Waals surface area (Å²) in [6, 6.07) is 14.8. The molecule has 0 radical (unpaired) electrons. The molecule has 6 nitrogen and oxygen atoms in total. The highest BCUT2D eigenvalue weighted by molar-refractivity contribution is 7.89. The Balaban J connectivity index is 1.44. The first kappa shape index (κ1) is 24.5. The SMILES string of the molecule is NCCCCS(=O)(=O)NCCOc1ccc2c(c1)C(C1(c3ccc(Cl)cc3)CCC1)NCC2. The molecule has 1 aliphatic carbocycles. The molecule has 1 atom stereocenters. The van der Waals surface area contributed by atoms with E-state index >= 15 is 0 Å². The molecule has 1 aliphatic heterocycles. The summed E-state index contributed by atoms with van der Waals surface area (Å²) in [6.45, 7) is 2.00. The molecule has 2 aliphatic rings. The molecule has 180 valence electrons. The van der Waals surface area contributed by atoms with Gasteiger partial charge in [0.2, 0.25) is 10.0 Å². The molecule has 0 spiro atoms. The Morgan fingerprint density at radius 3 is 2.64 bits per heavy atom. The van der Waals surface area contributed by atoms with Gasteiger partial charge >= 0.3 is 0 Å². The summed E-state index contributed by atoms with van der Waals surface area (Å²) < 4.78 is 32.6. The van der Waals surface area contributed by atoms with Gasteiger partial charge in [0.1, 0.15) is 12.4 Å². The number of rotatable bonds is 11. The lowest BCUT2D eigenvalue weighted by atomic mass is 9.58. The van der Waals surface area contributed by atoms with Gasteiger partial charge in [-0.3, -0.25) is 0 Å². The van der Waals surface area contributed by atoms with Crippen LogP contribution < -0.4 is 20.5 Å². The number of unbranched alkanes of at least 4 members (excludes halogenated alkanes) is 1. The minimum Gasteiger partial charge on any atom is -0.492 e. The minimum atomic E-state index is -3.29. The smallest absolute Gasteiger partial charge is 0.211 e. The molecule has 4 N–H and O–H groups in total. The first-order chi connectivity index (χ1) is 15.9. The monoisotopic (exact) mass is 491 g/mol. The standard InChI is InChI=1S/C25H34ClN3O3S/c26-21-7-5-20(6-8-21)25(11-3-12-25)24-23-18-22(9-4-19(23)10-14-28-24)32-16-15-29-33(30,31)17-2-1-13-27/h4-9,18,24,28-29H,1-3,10-17,27H2. The van der Waals surface area contributed by atoms with Crippen LogP contribution in [-0.4, -0.2) is 40.4 Å². The maximum absolute atomic E-state index is 12.0. The number of nitrogens with one attached hydrogen (secondary N) is 2. The number of fused-ring (bicyclic) bond motifs is 1. The molecule has 1 heterocycles. The predicted molar refractivity (Wildman–Crippen MR) is 133 cm³/mol. The van der Waals surface area contributed by atoms with Crippen molar-refractivity contribution in [1.82, 2.24) is 10.0 Å². The highest BCUT2D eigenvalue weighted by atomic mass is 35.5. The third kappa shape index (κ3) is 5.72. The van der Waals surface area contributed by atoms with Crippen LogP contribution in [0.15, 0.2) is 42.5 Å². The van der Waals surface area contributed by atoms with Crippen LogP contribution in [0.3, 0.4) is 0 Å². The van der Waals surface area contributed by atoms with Crippen LogP contribution in [0.1, 0.15) is 54.8 Å². The molecule has 1 saturated carbocycles. The summed E-state index contributed by atoms with van der Waals surface area (Å²) in [5, 5.41) is 4.54. The molecular formula is C25H34ClN3O3S. The second kappa shape index (κ2) is 10.7. The van der Waals surface area contributed by atoms with Crippen molar-refractivity contribution in [3.05, 3.63) is 64.2 Å². The number of benzene rings is 2. The third-order valence-corrected chi connectivity index (χ3v) is 8.67. The lowest BCUT2D eigenvalue weighted by Gasteiger charge is -2.50. The van der Waals surface area contributed by atoms with Gasteiger partial charge in [0.25, 0.3) is 0 Å². The molecular weight excluding hydrogens is 458 g/mol. The fourth-order valence-electron chi connectivity index (χ4n) is 5.07. The van der Waals surface area contributed by atoms with E-state index in [9.17, 15) is 8.42 Å². The molecule has 0 saturated heterocycles. The zero-order valence-electron chi connectivity index (χ0n) is 19.0. The van der Waals surface area contributed by atoms with E-state index in [1.54, 1.807) is 0 Å². The van der Waals surface area contributed by atoms with Crippen molar-refractivity contribution >= 4 is 21.6 Å². The maximum atomic E-state index is 12.0. The van der Waals surface area contributed by atoms with Crippen LogP contribution in [0.5, 0.6) is 5.75 Å². The first-order valence-corrected chi connectivity index (χ1v) is 13.9. The second-order valence-corrected chi connectivity index (χ2v) is 11.4. The molecule has 8 heteroatoms. The molecule has 2 aromatic carbocycles. The second-order valence-electron chi connectivity index (χ2n) is 9.07. The average molecular weight is 492 g/mol. The van der Waals surface area contributed by atoms with Gasteiger partial charge in [0, 0.05) is 23.0 Å². The Morgan fingerprint density at radius 1 is 1.15 bits per heavy atom. The van der Waals surface area contributed by atoms with E-state index in [4.69, 9.17) is 22.1 Å². The van der Waals surface area contributed by atoms with Gasteiger partial charge in [0.05, 0.1) is 5.75 Å². The number of hydrogen-bond acceptors (Lipinski definition) is 5. The molecule has 1 fully saturated rings. The minimum absolute atomic E-state index is 0.0670. The summed E-state index contributed by atoms with van der Waals surface area (Å²) in [5.74, 6) is 0.874. The third-order valence-electron chi connectivity index (χ3n) is 6.95. The van der Waals surface area contributed by atoms with Crippen molar-refractivity contribution < 1.29 is 13.2 Å². The van der Waals surface area contributed by atoms with Gasteiger partial charge in [0.15, 0.2) is 0 Å². The van der Waals surface area contributed by atoms with E-state index in [1.807, 2.05) is 18.2 Å². The lowest BCUT2D eigenvalue weighted by Crippen LogP contribution is -2.49. The zero-order chi connectivity index (χ0) is 23.3. The number of sulfonamides is 1. The van der Waals surface area contributed by atoms with Gasteiger partial charge in [-0.15, -0.1) is 0 Å². The highest BCUT2D eigenvalue weighted by Crippen LogP contribution is 2.53. The molecule has 0 bridgehead atoms. The van der Waals surface area contributed by atoms with Crippen molar-refractivity contribution in [3.8, 4) is 5.75 Å². The van der Waals surface area contributed by atoms with Crippen molar-refractivity contribution in [2.24, 2.45) is 5.73 Å². The van der Waals surface area contributed by atoms with Crippen LogP contribution in [0.2, 0.25) is 5.02 Å². The van der Waals surface area contributed by atoms with E-state index in [1.165, 1.54) is 23.1 Å². The van der Waals surface area contributed by atoms with Gasteiger partial charge in [-0.25, -0.2) is 13.1 Å². The largest absolute Gasteiger partial charge is 0.492 e. The first-order valence-electron chi connectivity index (χ1n) is 11.9. The number of nitrogens with two attached hydrogens (primary N) is 1. The van der Waals surface area contributed by atoms with Gasteiger partial charge in [-0.05, 0) is 86.1 Å². The van der Waals surface area contributed by atoms with E-state index in [2.05, 4.69) is 34.3 Å². The highest BCUT2D eigenvalue weighted by Gasteiger charge is 2.47. The maximum Gasteiger partial charge on any atom is 0.211 e. The van der Waals surface area contributed by atoms with E-state index in [0.29, 0.717) is 19.4 Å². The Bertz CT molecular complexity index is 1040. The summed E-state index contributed by atoms with van der Waals surface area (Å²) >= 11 is 6.15. The van der Waals surface area contributed by atoms with Crippen molar-refractivity contribution in [2.75, 3.05) is 32.0 Å². The van der Waals surface area contributed by atoms with E-state index in [-0.39, 0.29) is 30.4 Å². The summed E-state index contributed by atoms with van der Waals surface area (Å²) in [4.78, 5) is 0. The van der Waals surface area contributed by atoms with Crippen LogP contribution in [0.25, 0.3) is 0 Å². The van der Waals surface area contributed by atoms with Gasteiger partial charge in [-0.1, -0.05) is 36.2 Å². The van der Waals surface area contributed by atoms with Crippen LogP contribution in [0, 0.1) is 0 Å². The molecule has 1 unspecified atom stereocenters. The normalized spacial score (nSPS) is 19.5. The average Bonchev–Trinajstić information content (AvgIpc) is 2.77. The topological polar surface area (TPSA) is 93.5 Å². The molecule has 4 rings (SSSR count). The summed E-state index contributed by atoms with van der Waals surface area (Å²) in [6.07, 6.45) is 5.77. The molecule has 2 aromatic rings. The number of ether oxygens (including phenoxy) is 1. The Labute approximate surface area is 202 Å². The summed E-state index contributed by atoms with van der Waals surface area (Å²) in [5.41, 5.74) is 9.48. The van der Waals surface area contributed by atoms with Crippen molar-refractivity contribution in [3.63, 3.8) is 0 Å². The molecule has 0 amide bonds. The van der Waals surface area contributed by atoms with Crippen LogP contribution in [-0.2, 0) is 21.9 Å².